The molecule has 0 aliphatic rings. The van der Waals surface area contributed by atoms with Crippen LogP contribution in [0.1, 0.15) is 21.5 Å². The molecule has 0 fully saturated rings. The molecule has 6 nitrogen and oxygen atoms in total. The lowest BCUT2D eigenvalue weighted by molar-refractivity contribution is 0.0954. The van der Waals surface area contributed by atoms with E-state index in [4.69, 9.17) is 0 Å². The number of nitrogens with zero attached hydrogens (tertiary/aromatic N) is 2. The molecule has 3 aromatic rings. The predicted molar refractivity (Wildman–Crippen MR) is 93.6 cm³/mol. The molecule has 1 amide bonds. The minimum atomic E-state index is -0.394. The molecule has 1 heterocycles. The van der Waals surface area contributed by atoms with Crippen LogP contribution in [0.5, 0.6) is 11.5 Å². The summed E-state index contributed by atoms with van der Waals surface area (Å²) in [5, 5.41) is 23.8. The smallest absolute Gasteiger partial charge is 0.271 e. The number of hydrogen-bond donors (Lipinski definition) is 3. The van der Waals surface area contributed by atoms with E-state index < -0.39 is 5.91 Å². The van der Waals surface area contributed by atoms with Crippen molar-refractivity contribution in [3.8, 4) is 11.5 Å². The van der Waals surface area contributed by atoms with Crippen LogP contribution in [0.4, 0.5) is 0 Å². The molecular weight excluding hydrogens is 318 g/mol. The molecule has 3 rings (SSSR count). The summed E-state index contributed by atoms with van der Waals surface area (Å²) in [5.41, 5.74) is 4.37. The fourth-order valence-corrected chi connectivity index (χ4v) is 2.27. The molecule has 0 aliphatic heterocycles. The van der Waals surface area contributed by atoms with Gasteiger partial charge in [-0.15, -0.1) is 0 Å². The highest BCUT2D eigenvalue weighted by Gasteiger charge is 2.13. The van der Waals surface area contributed by atoms with Crippen molar-refractivity contribution in [3.05, 3.63) is 89.7 Å². The van der Waals surface area contributed by atoms with Gasteiger partial charge in [0.2, 0.25) is 0 Å². The van der Waals surface area contributed by atoms with Crippen molar-refractivity contribution in [3.63, 3.8) is 0 Å². The van der Waals surface area contributed by atoms with E-state index in [2.05, 4.69) is 15.5 Å². The average Bonchev–Trinajstić information content (AvgIpc) is 2.64. The number of hydrogen-bond acceptors (Lipinski definition) is 5. The Bertz CT molecular complexity index is 910. The monoisotopic (exact) mass is 333 g/mol. The van der Waals surface area contributed by atoms with Gasteiger partial charge in [0.05, 0.1) is 0 Å². The van der Waals surface area contributed by atoms with Crippen molar-refractivity contribution in [1.29, 1.82) is 0 Å². The number of pyridine rings is 1. The number of aromatic nitrogens is 1. The molecule has 0 atom stereocenters. The standard InChI is InChI=1S/C19H15N3O3/c23-15-6-7-16(17(24)12-15)18(13-4-2-1-3-5-13)21-22-19(25)14-8-10-20-11-9-14/h1-12,23-24H,(H,22,25). The first-order chi connectivity index (χ1) is 12.1. The van der Waals surface area contributed by atoms with Crippen LogP contribution in [-0.4, -0.2) is 26.8 Å². The van der Waals surface area contributed by atoms with E-state index in [1.54, 1.807) is 12.1 Å². The second kappa shape index (κ2) is 7.27. The summed E-state index contributed by atoms with van der Waals surface area (Å²) in [6.07, 6.45) is 3.03. The van der Waals surface area contributed by atoms with Crippen molar-refractivity contribution in [2.75, 3.05) is 0 Å². The number of rotatable bonds is 4. The van der Waals surface area contributed by atoms with Gasteiger partial charge in [-0.1, -0.05) is 30.3 Å². The Morgan fingerprint density at radius 2 is 1.64 bits per heavy atom. The Kier molecular flexibility index (Phi) is 4.71. The van der Waals surface area contributed by atoms with Crippen LogP contribution in [0.3, 0.4) is 0 Å². The van der Waals surface area contributed by atoms with E-state index in [1.165, 1.54) is 30.6 Å². The van der Waals surface area contributed by atoms with Crippen molar-refractivity contribution in [2.24, 2.45) is 5.10 Å². The molecule has 2 aromatic carbocycles. The van der Waals surface area contributed by atoms with Crippen LogP contribution in [0.15, 0.2) is 78.2 Å². The van der Waals surface area contributed by atoms with E-state index in [0.717, 1.165) is 0 Å². The van der Waals surface area contributed by atoms with E-state index in [0.29, 0.717) is 22.4 Å². The van der Waals surface area contributed by atoms with Gasteiger partial charge in [-0.25, -0.2) is 5.43 Å². The lowest BCUT2D eigenvalue weighted by Gasteiger charge is -2.10. The van der Waals surface area contributed by atoms with Crippen LogP contribution in [0, 0.1) is 0 Å². The predicted octanol–water partition coefficient (Wildman–Crippen LogP) is 2.68. The fourth-order valence-electron chi connectivity index (χ4n) is 2.27. The van der Waals surface area contributed by atoms with Gasteiger partial charge in [-0.05, 0) is 24.3 Å². The Labute approximate surface area is 144 Å². The number of hydrazone groups is 1. The molecule has 0 radical (unpaired) electrons. The number of benzene rings is 2. The van der Waals surface area contributed by atoms with Gasteiger partial charge in [-0.2, -0.15) is 5.10 Å². The molecule has 0 saturated carbocycles. The van der Waals surface area contributed by atoms with Crippen molar-refractivity contribution >= 4 is 11.6 Å². The van der Waals surface area contributed by atoms with Crippen LogP contribution in [0.25, 0.3) is 0 Å². The van der Waals surface area contributed by atoms with Crippen molar-refractivity contribution in [1.82, 2.24) is 10.4 Å². The molecular formula is C19H15N3O3. The third kappa shape index (κ3) is 3.81. The molecule has 3 N–H and O–H groups in total. The first-order valence-corrected chi connectivity index (χ1v) is 7.51. The van der Waals surface area contributed by atoms with Crippen molar-refractivity contribution < 1.29 is 15.0 Å². The zero-order valence-corrected chi connectivity index (χ0v) is 13.1. The number of phenolic OH excluding ortho intramolecular Hbond substituents is 2. The van der Waals surface area contributed by atoms with E-state index in [1.807, 2.05) is 30.3 Å². The quantitative estimate of drug-likeness (QED) is 0.505. The van der Waals surface area contributed by atoms with Crippen LogP contribution in [0.2, 0.25) is 0 Å². The van der Waals surface area contributed by atoms with Crippen molar-refractivity contribution in [2.45, 2.75) is 0 Å². The minimum absolute atomic E-state index is 0.0607. The van der Waals surface area contributed by atoms with Gasteiger partial charge in [0, 0.05) is 35.2 Å². The molecule has 0 saturated heterocycles. The highest BCUT2D eigenvalue weighted by Crippen LogP contribution is 2.25. The summed E-state index contributed by atoms with van der Waals surface area (Å²) < 4.78 is 0. The largest absolute Gasteiger partial charge is 0.508 e. The first-order valence-electron chi connectivity index (χ1n) is 7.51. The van der Waals surface area contributed by atoms with Gasteiger partial charge in [0.25, 0.3) is 5.91 Å². The second-order valence-corrected chi connectivity index (χ2v) is 5.20. The average molecular weight is 333 g/mol. The van der Waals surface area contributed by atoms with E-state index in [-0.39, 0.29) is 11.5 Å². The second-order valence-electron chi connectivity index (χ2n) is 5.20. The highest BCUT2D eigenvalue weighted by atomic mass is 16.3. The summed E-state index contributed by atoms with van der Waals surface area (Å²) in [6.45, 7) is 0. The van der Waals surface area contributed by atoms with Gasteiger partial charge in [0.15, 0.2) is 0 Å². The first kappa shape index (κ1) is 16.2. The van der Waals surface area contributed by atoms with Gasteiger partial charge in [-0.3, -0.25) is 9.78 Å². The number of aromatic hydroxyl groups is 2. The van der Waals surface area contributed by atoms with E-state index in [9.17, 15) is 15.0 Å². The fraction of sp³-hybridized carbons (Fsp3) is 0. The molecule has 124 valence electrons. The normalized spacial score (nSPS) is 11.1. The Morgan fingerprint density at radius 1 is 0.920 bits per heavy atom. The maximum atomic E-state index is 12.2. The maximum Gasteiger partial charge on any atom is 0.271 e. The summed E-state index contributed by atoms with van der Waals surface area (Å²) in [5.74, 6) is -0.593. The van der Waals surface area contributed by atoms with Crippen LogP contribution < -0.4 is 5.43 Å². The summed E-state index contributed by atoms with van der Waals surface area (Å²) in [4.78, 5) is 16.1. The minimum Gasteiger partial charge on any atom is -0.508 e. The van der Waals surface area contributed by atoms with Gasteiger partial charge < -0.3 is 10.2 Å². The molecule has 0 aliphatic carbocycles. The number of carbonyl (C=O) groups excluding carboxylic acids is 1. The van der Waals surface area contributed by atoms with E-state index >= 15 is 0 Å². The van der Waals surface area contributed by atoms with Crippen LogP contribution in [-0.2, 0) is 0 Å². The van der Waals surface area contributed by atoms with Gasteiger partial charge >= 0.3 is 0 Å². The summed E-state index contributed by atoms with van der Waals surface area (Å²) >= 11 is 0. The maximum absolute atomic E-state index is 12.2. The Balaban J connectivity index is 1.98. The highest BCUT2D eigenvalue weighted by molar-refractivity contribution is 6.15. The lowest BCUT2D eigenvalue weighted by atomic mass is 10.0. The zero-order valence-electron chi connectivity index (χ0n) is 13.1. The number of nitrogens with one attached hydrogen (secondary N) is 1. The SMILES string of the molecule is O=C(NN=C(c1ccccc1)c1ccc(O)cc1O)c1ccncc1. The molecule has 1 aromatic heterocycles. The third-order valence-corrected chi connectivity index (χ3v) is 3.50. The molecule has 6 heteroatoms. The molecule has 0 unspecified atom stereocenters. The van der Waals surface area contributed by atoms with Crippen LogP contribution >= 0.6 is 0 Å². The zero-order chi connectivity index (χ0) is 17.6. The molecule has 0 bridgehead atoms. The molecule has 0 spiro atoms. The number of amides is 1. The third-order valence-electron chi connectivity index (χ3n) is 3.50. The summed E-state index contributed by atoms with van der Waals surface area (Å²) in [6, 6.07) is 16.5. The number of phenols is 2. The number of carbonyl (C=O) groups is 1. The molecule has 25 heavy (non-hydrogen) atoms. The Hall–Kier alpha value is -3.67. The lowest BCUT2D eigenvalue weighted by Crippen LogP contribution is -2.20. The Morgan fingerprint density at radius 3 is 2.32 bits per heavy atom. The topological polar surface area (TPSA) is 94.8 Å². The van der Waals surface area contributed by atoms with Gasteiger partial charge in [0.1, 0.15) is 17.2 Å². The summed E-state index contributed by atoms with van der Waals surface area (Å²) in [7, 11) is 0.